The van der Waals surface area contributed by atoms with Gasteiger partial charge in [0.2, 0.25) is 0 Å². The van der Waals surface area contributed by atoms with Gasteiger partial charge in [0.25, 0.3) is 5.91 Å². The molecule has 1 amide bonds. The lowest BCUT2D eigenvalue weighted by Gasteiger charge is -2.37. The van der Waals surface area contributed by atoms with E-state index in [1.54, 1.807) is 11.8 Å². The monoisotopic (exact) mass is 264 g/mol. The predicted octanol–water partition coefficient (Wildman–Crippen LogP) is 2.23. The maximum atomic E-state index is 12.6. The van der Waals surface area contributed by atoms with E-state index < -0.39 is 0 Å². The first kappa shape index (κ1) is 13.4. The summed E-state index contributed by atoms with van der Waals surface area (Å²) in [7, 11) is 0. The van der Waals surface area contributed by atoms with Crippen molar-refractivity contribution in [3.05, 3.63) is 29.8 Å². The van der Waals surface area contributed by atoms with Crippen molar-refractivity contribution >= 4 is 17.7 Å². The molecule has 1 heterocycles. The summed E-state index contributed by atoms with van der Waals surface area (Å²) in [6.45, 7) is 5.86. The molecule has 2 unspecified atom stereocenters. The van der Waals surface area contributed by atoms with Crippen molar-refractivity contribution in [2.24, 2.45) is 0 Å². The van der Waals surface area contributed by atoms with Gasteiger partial charge >= 0.3 is 0 Å². The molecule has 0 aromatic heterocycles. The van der Waals surface area contributed by atoms with Gasteiger partial charge in [-0.15, -0.1) is 11.8 Å². The molecule has 98 valence electrons. The first-order valence-corrected chi connectivity index (χ1v) is 7.53. The van der Waals surface area contributed by atoms with Crippen molar-refractivity contribution in [1.82, 2.24) is 10.2 Å². The smallest absolute Gasteiger partial charge is 0.255 e. The molecule has 1 aliphatic heterocycles. The second-order valence-electron chi connectivity index (χ2n) is 4.82. The van der Waals surface area contributed by atoms with Crippen LogP contribution in [0.4, 0.5) is 0 Å². The van der Waals surface area contributed by atoms with Gasteiger partial charge in [0, 0.05) is 30.1 Å². The number of rotatable bonds is 2. The van der Waals surface area contributed by atoms with Crippen LogP contribution in [0.3, 0.4) is 0 Å². The molecule has 2 atom stereocenters. The second kappa shape index (κ2) is 5.76. The summed E-state index contributed by atoms with van der Waals surface area (Å²) >= 11 is 1.63. The first-order valence-electron chi connectivity index (χ1n) is 6.31. The van der Waals surface area contributed by atoms with E-state index in [0.29, 0.717) is 6.04 Å². The molecule has 0 aliphatic carbocycles. The number of thioether (sulfide) groups is 1. The molecule has 1 N–H and O–H groups in total. The molecule has 4 heteroatoms. The van der Waals surface area contributed by atoms with Gasteiger partial charge in [-0.05, 0) is 32.2 Å². The maximum Gasteiger partial charge on any atom is 0.255 e. The zero-order valence-electron chi connectivity index (χ0n) is 11.1. The summed E-state index contributed by atoms with van der Waals surface area (Å²) in [5.41, 5.74) is 0.825. The highest BCUT2D eigenvalue weighted by Crippen LogP contribution is 2.22. The van der Waals surface area contributed by atoms with E-state index in [2.05, 4.69) is 19.2 Å². The highest BCUT2D eigenvalue weighted by atomic mass is 32.2. The molecule has 1 aromatic rings. The van der Waals surface area contributed by atoms with Gasteiger partial charge in [0.1, 0.15) is 0 Å². The van der Waals surface area contributed by atoms with E-state index in [9.17, 15) is 4.79 Å². The molecule has 18 heavy (non-hydrogen) atoms. The third kappa shape index (κ3) is 2.70. The molecule has 3 nitrogen and oxygen atoms in total. The number of hydrogen-bond donors (Lipinski definition) is 1. The maximum absolute atomic E-state index is 12.6. The van der Waals surface area contributed by atoms with E-state index >= 15 is 0 Å². The molecule has 1 aliphatic rings. The van der Waals surface area contributed by atoms with Crippen molar-refractivity contribution in [1.29, 1.82) is 0 Å². The van der Waals surface area contributed by atoms with Crippen molar-refractivity contribution in [3.8, 4) is 0 Å². The van der Waals surface area contributed by atoms with Crippen molar-refractivity contribution < 1.29 is 4.79 Å². The van der Waals surface area contributed by atoms with Crippen LogP contribution in [0.1, 0.15) is 24.2 Å². The Morgan fingerprint density at radius 2 is 2.11 bits per heavy atom. The van der Waals surface area contributed by atoms with Crippen LogP contribution >= 0.6 is 11.8 Å². The van der Waals surface area contributed by atoms with Crippen molar-refractivity contribution in [2.45, 2.75) is 30.8 Å². The van der Waals surface area contributed by atoms with Gasteiger partial charge in [0.15, 0.2) is 0 Å². The Bertz CT molecular complexity index is 436. The second-order valence-corrected chi connectivity index (χ2v) is 5.66. The Hall–Kier alpha value is -1.00. The number of hydrogen-bond acceptors (Lipinski definition) is 3. The fourth-order valence-electron chi connectivity index (χ4n) is 2.28. The number of carbonyl (C=O) groups is 1. The minimum atomic E-state index is 0.154. The molecule has 0 bridgehead atoms. The summed E-state index contributed by atoms with van der Waals surface area (Å²) < 4.78 is 0. The van der Waals surface area contributed by atoms with Gasteiger partial charge in [0.05, 0.1) is 5.56 Å². The Morgan fingerprint density at radius 3 is 2.83 bits per heavy atom. The van der Waals surface area contributed by atoms with Gasteiger partial charge in [-0.25, -0.2) is 0 Å². The van der Waals surface area contributed by atoms with Gasteiger partial charge < -0.3 is 10.2 Å². The molecular weight excluding hydrogens is 244 g/mol. The molecule has 1 aromatic carbocycles. The lowest BCUT2D eigenvalue weighted by molar-refractivity contribution is 0.0613. The van der Waals surface area contributed by atoms with Gasteiger partial charge in [-0.1, -0.05) is 12.1 Å². The minimum absolute atomic E-state index is 0.154. The fraction of sp³-hybridized carbons (Fsp3) is 0.500. The highest BCUT2D eigenvalue weighted by molar-refractivity contribution is 7.98. The molecule has 0 spiro atoms. The average molecular weight is 264 g/mol. The molecule has 2 rings (SSSR count). The van der Waals surface area contributed by atoms with Crippen LogP contribution in [-0.4, -0.2) is 42.2 Å². The summed E-state index contributed by atoms with van der Waals surface area (Å²) in [5.74, 6) is 0.154. The van der Waals surface area contributed by atoms with E-state index in [4.69, 9.17) is 0 Å². The molecular formula is C14H20N2OS. The van der Waals surface area contributed by atoms with Crippen LogP contribution in [0.25, 0.3) is 0 Å². The number of carbonyl (C=O) groups excluding carboxylic acids is 1. The zero-order valence-corrected chi connectivity index (χ0v) is 12.0. The van der Waals surface area contributed by atoms with Crippen LogP contribution in [0.15, 0.2) is 29.2 Å². The SMILES string of the molecule is CSc1ccccc1C(=O)N1CC(C)NCC1C. The Morgan fingerprint density at radius 1 is 1.39 bits per heavy atom. The van der Waals surface area contributed by atoms with E-state index in [0.717, 1.165) is 23.5 Å². The third-order valence-corrected chi connectivity index (χ3v) is 4.16. The van der Waals surface area contributed by atoms with Gasteiger partial charge in [-0.3, -0.25) is 4.79 Å². The Labute approximate surface area is 113 Å². The van der Waals surface area contributed by atoms with Crippen molar-refractivity contribution in [3.63, 3.8) is 0 Å². The predicted molar refractivity (Wildman–Crippen MR) is 76.2 cm³/mol. The number of piperazine rings is 1. The lowest BCUT2D eigenvalue weighted by atomic mass is 10.1. The minimum Gasteiger partial charge on any atom is -0.333 e. The number of nitrogens with one attached hydrogen (secondary N) is 1. The average Bonchev–Trinajstić information content (AvgIpc) is 2.40. The number of nitrogens with zero attached hydrogens (tertiary/aromatic N) is 1. The third-order valence-electron chi connectivity index (χ3n) is 3.36. The summed E-state index contributed by atoms with van der Waals surface area (Å²) in [6.07, 6.45) is 2.01. The summed E-state index contributed by atoms with van der Waals surface area (Å²) in [5, 5.41) is 3.40. The van der Waals surface area contributed by atoms with Crippen molar-refractivity contribution in [2.75, 3.05) is 19.3 Å². The molecule has 1 saturated heterocycles. The molecule has 0 radical (unpaired) electrons. The fourth-order valence-corrected chi connectivity index (χ4v) is 2.87. The van der Waals surface area contributed by atoms with Gasteiger partial charge in [-0.2, -0.15) is 0 Å². The number of benzene rings is 1. The normalized spacial score (nSPS) is 24.1. The molecule has 0 saturated carbocycles. The van der Waals surface area contributed by atoms with E-state index in [1.165, 1.54) is 0 Å². The summed E-state index contributed by atoms with van der Waals surface area (Å²) in [4.78, 5) is 15.7. The number of amides is 1. The van der Waals surface area contributed by atoms with E-state index in [-0.39, 0.29) is 11.9 Å². The lowest BCUT2D eigenvalue weighted by Crippen LogP contribution is -2.56. The Kier molecular flexibility index (Phi) is 4.30. The quantitative estimate of drug-likeness (QED) is 0.831. The van der Waals surface area contributed by atoms with E-state index in [1.807, 2.05) is 35.4 Å². The summed E-state index contributed by atoms with van der Waals surface area (Å²) in [6, 6.07) is 8.47. The Balaban J connectivity index is 2.24. The van der Waals surface area contributed by atoms with Crippen LogP contribution in [0, 0.1) is 0 Å². The first-order chi connectivity index (χ1) is 8.63. The standard InChI is InChI=1S/C14H20N2OS/c1-10-9-16(11(2)8-15-10)14(17)12-6-4-5-7-13(12)18-3/h4-7,10-11,15H,8-9H2,1-3H3. The molecule has 1 fully saturated rings. The van der Waals surface area contributed by atoms with Crippen LogP contribution in [0.5, 0.6) is 0 Å². The van der Waals surface area contributed by atoms with Crippen LogP contribution in [0.2, 0.25) is 0 Å². The largest absolute Gasteiger partial charge is 0.333 e. The topological polar surface area (TPSA) is 32.3 Å². The van der Waals surface area contributed by atoms with Crippen LogP contribution < -0.4 is 5.32 Å². The van der Waals surface area contributed by atoms with Crippen LogP contribution in [-0.2, 0) is 0 Å². The zero-order chi connectivity index (χ0) is 13.1. The highest BCUT2D eigenvalue weighted by Gasteiger charge is 2.28.